The Hall–Kier alpha value is -0.340. The lowest BCUT2D eigenvalue weighted by Gasteiger charge is -2.20. The van der Waals surface area contributed by atoms with Crippen molar-refractivity contribution in [2.75, 3.05) is 0 Å². The second kappa shape index (κ2) is 5.52. The normalized spacial score (nSPS) is 15.1. The van der Waals surface area contributed by atoms with Gasteiger partial charge in [-0.3, -0.25) is 0 Å². The summed E-state index contributed by atoms with van der Waals surface area (Å²) in [5.41, 5.74) is 7.41. The van der Waals surface area contributed by atoms with E-state index in [0.717, 1.165) is 4.47 Å². The van der Waals surface area contributed by atoms with Gasteiger partial charge in [-0.15, -0.1) is 0 Å². The second-order valence-electron chi connectivity index (χ2n) is 3.81. The molecule has 0 radical (unpaired) electrons. The van der Waals surface area contributed by atoms with Gasteiger partial charge < -0.3 is 5.73 Å². The highest BCUT2D eigenvalue weighted by molar-refractivity contribution is 9.10. The lowest BCUT2D eigenvalue weighted by atomic mass is 9.92. The molecule has 0 aromatic heterocycles. The van der Waals surface area contributed by atoms with Crippen LogP contribution in [0.15, 0.2) is 28.7 Å². The first-order valence-corrected chi connectivity index (χ1v) is 5.96. The van der Waals surface area contributed by atoms with Gasteiger partial charge in [-0.2, -0.15) is 0 Å². The molecule has 0 aliphatic heterocycles. The predicted octanol–water partition coefficient (Wildman–Crippen LogP) is 3.89. The molecule has 0 fully saturated rings. The van der Waals surface area contributed by atoms with E-state index < -0.39 is 0 Å². The van der Waals surface area contributed by atoms with Crippen LogP contribution in [-0.4, -0.2) is 0 Å². The fourth-order valence-electron chi connectivity index (χ4n) is 1.69. The van der Waals surface area contributed by atoms with Gasteiger partial charge in [0.1, 0.15) is 0 Å². The molecule has 0 spiro atoms. The van der Waals surface area contributed by atoms with Crippen LogP contribution in [-0.2, 0) is 0 Å². The summed E-state index contributed by atoms with van der Waals surface area (Å²) < 4.78 is 1.12. The average Bonchev–Trinajstić information content (AvgIpc) is 2.18. The van der Waals surface area contributed by atoms with E-state index in [1.54, 1.807) is 0 Å². The number of nitrogens with two attached hydrogens (primary N) is 1. The molecule has 78 valence electrons. The van der Waals surface area contributed by atoms with Crippen molar-refractivity contribution in [3.05, 3.63) is 34.3 Å². The third-order valence-electron chi connectivity index (χ3n) is 2.62. The fraction of sp³-hybridized carbons (Fsp3) is 0.500. The van der Waals surface area contributed by atoms with Crippen LogP contribution in [0.3, 0.4) is 0 Å². The first-order valence-electron chi connectivity index (χ1n) is 5.16. The van der Waals surface area contributed by atoms with Gasteiger partial charge in [0.25, 0.3) is 0 Å². The Kier molecular flexibility index (Phi) is 4.63. The molecule has 0 aliphatic rings. The minimum Gasteiger partial charge on any atom is -0.324 e. The van der Waals surface area contributed by atoms with Crippen molar-refractivity contribution in [2.24, 2.45) is 11.7 Å². The summed E-state index contributed by atoms with van der Waals surface area (Å²) in [5.74, 6) is 0.540. The summed E-state index contributed by atoms with van der Waals surface area (Å²) in [6.45, 7) is 4.41. The highest BCUT2D eigenvalue weighted by atomic mass is 79.9. The third-order valence-corrected chi connectivity index (χ3v) is 3.34. The summed E-state index contributed by atoms with van der Waals surface area (Å²) in [6.07, 6.45) is 2.38. The molecule has 0 aliphatic carbocycles. The van der Waals surface area contributed by atoms with Crippen molar-refractivity contribution in [3.63, 3.8) is 0 Å². The van der Waals surface area contributed by atoms with E-state index in [2.05, 4.69) is 35.8 Å². The molecular weight excluding hydrogens is 238 g/mol. The second-order valence-corrected chi connectivity index (χ2v) is 4.67. The Labute approximate surface area is 94.8 Å². The van der Waals surface area contributed by atoms with E-state index in [-0.39, 0.29) is 6.04 Å². The van der Waals surface area contributed by atoms with Crippen molar-refractivity contribution < 1.29 is 0 Å². The Morgan fingerprint density at radius 3 is 2.57 bits per heavy atom. The van der Waals surface area contributed by atoms with E-state index in [9.17, 15) is 0 Å². The average molecular weight is 256 g/mol. The van der Waals surface area contributed by atoms with Gasteiger partial charge in [-0.05, 0) is 24.0 Å². The molecular formula is C12H18BrN. The van der Waals surface area contributed by atoms with E-state index in [1.807, 2.05) is 18.2 Å². The molecule has 1 nitrogen and oxygen atoms in total. The SMILES string of the molecule is CCCC(C)C(N)c1ccccc1Br. The lowest BCUT2D eigenvalue weighted by Crippen LogP contribution is -2.19. The monoisotopic (exact) mass is 255 g/mol. The molecule has 2 atom stereocenters. The van der Waals surface area contributed by atoms with E-state index in [1.165, 1.54) is 18.4 Å². The fourth-order valence-corrected chi connectivity index (χ4v) is 2.24. The standard InChI is InChI=1S/C12H18BrN/c1-3-6-9(2)12(14)10-7-4-5-8-11(10)13/h4-5,7-9,12H,3,6,14H2,1-2H3. The molecule has 2 unspecified atom stereocenters. The smallest absolute Gasteiger partial charge is 0.0332 e. The van der Waals surface area contributed by atoms with Gasteiger partial charge in [0, 0.05) is 10.5 Å². The van der Waals surface area contributed by atoms with Crippen LogP contribution in [0.2, 0.25) is 0 Å². The Morgan fingerprint density at radius 1 is 1.36 bits per heavy atom. The van der Waals surface area contributed by atoms with Gasteiger partial charge in [-0.25, -0.2) is 0 Å². The summed E-state index contributed by atoms with van der Waals surface area (Å²) in [5, 5.41) is 0. The molecule has 0 heterocycles. The van der Waals surface area contributed by atoms with Crippen molar-refractivity contribution in [2.45, 2.75) is 32.7 Å². The maximum atomic E-state index is 6.20. The van der Waals surface area contributed by atoms with Crippen LogP contribution in [0.1, 0.15) is 38.3 Å². The van der Waals surface area contributed by atoms with Crippen molar-refractivity contribution in [1.82, 2.24) is 0 Å². The topological polar surface area (TPSA) is 26.0 Å². The Morgan fingerprint density at radius 2 is 2.00 bits per heavy atom. The van der Waals surface area contributed by atoms with Crippen LogP contribution in [0, 0.1) is 5.92 Å². The van der Waals surface area contributed by atoms with Crippen LogP contribution in [0.25, 0.3) is 0 Å². The molecule has 1 aromatic carbocycles. The van der Waals surface area contributed by atoms with Gasteiger partial charge in [0.05, 0.1) is 0 Å². The highest BCUT2D eigenvalue weighted by Crippen LogP contribution is 2.28. The first kappa shape index (κ1) is 11.7. The highest BCUT2D eigenvalue weighted by Gasteiger charge is 2.15. The van der Waals surface area contributed by atoms with Gasteiger partial charge in [-0.1, -0.05) is 54.4 Å². The molecule has 2 N–H and O–H groups in total. The zero-order chi connectivity index (χ0) is 10.6. The minimum atomic E-state index is 0.144. The van der Waals surface area contributed by atoms with Crippen LogP contribution in [0.4, 0.5) is 0 Å². The molecule has 2 heteroatoms. The number of hydrogen-bond acceptors (Lipinski definition) is 1. The van der Waals surface area contributed by atoms with Crippen LogP contribution in [0.5, 0.6) is 0 Å². The van der Waals surface area contributed by atoms with Crippen molar-refractivity contribution in [1.29, 1.82) is 0 Å². The van der Waals surface area contributed by atoms with Crippen LogP contribution < -0.4 is 5.73 Å². The van der Waals surface area contributed by atoms with E-state index in [0.29, 0.717) is 5.92 Å². The molecule has 14 heavy (non-hydrogen) atoms. The van der Waals surface area contributed by atoms with E-state index >= 15 is 0 Å². The van der Waals surface area contributed by atoms with Crippen LogP contribution >= 0.6 is 15.9 Å². The lowest BCUT2D eigenvalue weighted by molar-refractivity contribution is 0.432. The number of halogens is 1. The maximum absolute atomic E-state index is 6.20. The zero-order valence-corrected chi connectivity index (χ0v) is 10.4. The van der Waals surface area contributed by atoms with Crippen molar-refractivity contribution in [3.8, 4) is 0 Å². The quantitative estimate of drug-likeness (QED) is 0.869. The molecule has 1 aromatic rings. The number of benzene rings is 1. The summed E-state index contributed by atoms with van der Waals surface area (Å²) in [7, 11) is 0. The molecule has 0 amide bonds. The summed E-state index contributed by atoms with van der Waals surface area (Å²) in [6, 6.07) is 8.35. The first-order chi connectivity index (χ1) is 6.66. The molecule has 0 bridgehead atoms. The Balaban J connectivity index is 2.78. The van der Waals surface area contributed by atoms with Crippen molar-refractivity contribution >= 4 is 15.9 Å². The van der Waals surface area contributed by atoms with Gasteiger partial charge in [0.2, 0.25) is 0 Å². The molecule has 1 rings (SSSR count). The van der Waals surface area contributed by atoms with Gasteiger partial charge >= 0.3 is 0 Å². The number of rotatable bonds is 4. The summed E-state index contributed by atoms with van der Waals surface area (Å²) >= 11 is 3.54. The molecule has 0 saturated heterocycles. The van der Waals surface area contributed by atoms with E-state index in [4.69, 9.17) is 5.73 Å². The predicted molar refractivity (Wildman–Crippen MR) is 65.1 cm³/mol. The molecule has 0 saturated carbocycles. The Bertz CT molecular complexity index is 285. The third kappa shape index (κ3) is 2.82. The van der Waals surface area contributed by atoms with Gasteiger partial charge in [0.15, 0.2) is 0 Å². The maximum Gasteiger partial charge on any atom is 0.0332 e. The summed E-state index contributed by atoms with van der Waals surface area (Å²) in [4.78, 5) is 0. The largest absolute Gasteiger partial charge is 0.324 e. The zero-order valence-electron chi connectivity index (χ0n) is 8.83. The number of hydrogen-bond donors (Lipinski definition) is 1. The minimum absolute atomic E-state index is 0.144.